The molecule has 1 unspecified atom stereocenters. The first kappa shape index (κ1) is 16.3. The topological polar surface area (TPSA) is 63.4 Å². The summed E-state index contributed by atoms with van der Waals surface area (Å²) in [7, 11) is -3.56. The maximum absolute atomic E-state index is 12.6. The fourth-order valence-electron chi connectivity index (χ4n) is 1.88. The van der Waals surface area contributed by atoms with Gasteiger partial charge in [0.2, 0.25) is 10.0 Å². The van der Waals surface area contributed by atoms with E-state index in [0.717, 1.165) is 6.42 Å². The van der Waals surface area contributed by atoms with Gasteiger partial charge in [0.05, 0.1) is 4.90 Å². The van der Waals surface area contributed by atoms with E-state index >= 15 is 0 Å². The number of nitrogen functional groups attached to an aromatic ring is 1. The number of nitrogens with two attached hydrogens (primary N) is 1. The molecule has 1 atom stereocenters. The molecule has 0 saturated heterocycles. The number of sulfonamides is 1. The van der Waals surface area contributed by atoms with Crippen LogP contribution in [0.15, 0.2) is 17.0 Å². The van der Waals surface area contributed by atoms with Gasteiger partial charge in [-0.15, -0.1) is 0 Å². The van der Waals surface area contributed by atoms with Gasteiger partial charge in [0, 0.05) is 23.3 Å². The number of nitrogens with zero attached hydrogens (tertiary/aromatic N) is 1. The van der Waals surface area contributed by atoms with E-state index in [-0.39, 0.29) is 10.9 Å². The lowest BCUT2D eigenvalue weighted by molar-refractivity contribution is 0.342. The predicted molar refractivity (Wildman–Crippen MR) is 79.9 cm³/mol. The molecule has 0 aliphatic rings. The Morgan fingerprint density at radius 2 is 1.95 bits per heavy atom. The minimum Gasteiger partial charge on any atom is -0.398 e. The number of rotatable bonds is 5. The zero-order valence-corrected chi connectivity index (χ0v) is 13.3. The Labute approximate surface area is 120 Å². The minimum atomic E-state index is -3.56. The first-order valence-electron chi connectivity index (χ1n) is 6.33. The normalized spacial score (nSPS) is 13.8. The summed E-state index contributed by atoms with van der Waals surface area (Å²) in [4.78, 5) is 0.155. The van der Waals surface area contributed by atoms with E-state index < -0.39 is 10.0 Å². The van der Waals surface area contributed by atoms with Crippen LogP contribution in [0, 0.1) is 6.92 Å². The first-order chi connectivity index (χ1) is 8.75. The Morgan fingerprint density at radius 3 is 2.37 bits per heavy atom. The van der Waals surface area contributed by atoms with Crippen LogP contribution >= 0.6 is 11.6 Å². The second kappa shape index (κ2) is 6.11. The van der Waals surface area contributed by atoms with E-state index in [1.807, 2.05) is 20.8 Å². The zero-order chi connectivity index (χ0) is 14.8. The van der Waals surface area contributed by atoms with E-state index in [1.165, 1.54) is 16.4 Å². The van der Waals surface area contributed by atoms with Crippen LogP contribution in [0.25, 0.3) is 0 Å². The van der Waals surface area contributed by atoms with Crippen molar-refractivity contribution in [1.82, 2.24) is 4.31 Å². The largest absolute Gasteiger partial charge is 0.398 e. The lowest BCUT2D eigenvalue weighted by Crippen LogP contribution is -2.38. The van der Waals surface area contributed by atoms with Gasteiger partial charge >= 0.3 is 0 Å². The van der Waals surface area contributed by atoms with E-state index in [9.17, 15) is 8.42 Å². The highest BCUT2D eigenvalue weighted by Gasteiger charge is 2.27. The maximum atomic E-state index is 12.6. The zero-order valence-electron chi connectivity index (χ0n) is 11.8. The molecule has 0 aromatic heterocycles. The van der Waals surface area contributed by atoms with E-state index in [0.29, 0.717) is 22.8 Å². The summed E-state index contributed by atoms with van der Waals surface area (Å²) >= 11 is 6.02. The van der Waals surface area contributed by atoms with Gasteiger partial charge in [-0.1, -0.05) is 25.4 Å². The van der Waals surface area contributed by atoms with Crippen molar-refractivity contribution in [2.24, 2.45) is 0 Å². The molecule has 0 amide bonds. The van der Waals surface area contributed by atoms with Crippen molar-refractivity contribution in [1.29, 1.82) is 0 Å². The smallest absolute Gasteiger partial charge is 0.243 e. The number of anilines is 1. The van der Waals surface area contributed by atoms with Gasteiger partial charge in [-0.25, -0.2) is 8.42 Å². The van der Waals surface area contributed by atoms with Gasteiger partial charge in [-0.05, 0) is 38.0 Å². The molecule has 1 aromatic carbocycles. The molecule has 4 nitrogen and oxygen atoms in total. The van der Waals surface area contributed by atoms with E-state index in [2.05, 4.69) is 0 Å². The van der Waals surface area contributed by atoms with Crippen molar-refractivity contribution in [3.63, 3.8) is 0 Å². The fourth-order valence-corrected chi connectivity index (χ4v) is 3.95. The van der Waals surface area contributed by atoms with Crippen LogP contribution in [-0.2, 0) is 10.0 Å². The summed E-state index contributed by atoms with van der Waals surface area (Å²) in [6.07, 6.45) is 0.752. The third-order valence-corrected chi connectivity index (χ3v) is 5.82. The van der Waals surface area contributed by atoms with Crippen LogP contribution in [0.4, 0.5) is 5.69 Å². The standard InChI is InChI=1S/C13H21ClN2O2S/c1-5-9(3)16(6-2)19(17,18)11-7-12(14)10(4)13(15)8-11/h7-9H,5-6,15H2,1-4H3. The van der Waals surface area contributed by atoms with E-state index in [1.54, 1.807) is 6.92 Å². The first-order valence-corrected chi connectivity index (χ1v) is 8.14. The second-order valence-electron chi connectivity index (χ2n) is 4.58. The summed E-state index contributed by atoms with van der Waals surface area (Å²) in [5.74, 6) is 0. The molecule has 0 saturated carbocycles. The molecule has 0 aliphatic carbocycles. The molecule has 1 rings (SSSR count). The Hall–Kier alpha value is -0.780. The third-order valence-electron chi connectivity index (χ3n) is 3.36. The molecular formula is C13H21ClN2O2S. The van der Waals surface area contributed by atoms with Gasteiger partial charge in [0.25, 0.3) is 0 Å². The van der Waals surface area contributed by atoms with Gasteiger partial charge in [0.1, 0.15) is 0 Å². The predicted octanol–water partition coefficient (Wildman–Crippen LogP) is 3.04. The van der Waals surface area contributed by atoms with Crippen molar-refractivity contribution in [2.75, 3.05) is 12.3 Å². The SMILES string of the molecule is CCC(C)N(CC)S(=O)(=O)c1cc(N)c(C)c(Cl)c1. The van der Waals surface area contributed by atoms with Crippen molar-refractivity contribution in [3.05, 3.63) is 22.7 Å². The summed E-state index contributed by atoms with van der Waals surface area (Å²) < 4.78 is 26.6. The van der Waals surface area contributed by atoms with Crippen molar-refractivity contribution >= 4 is 27.3 Å². The molecule has 2 N–H and O–H groups in total. The van der Waals surface area contributed by atoms with Crippen LogP contribution in [-0.4, -0.2) is 25.3 Å². The van der Waals surface area contributed by atoms with Gasteiger partial charge in [0.15, 0.2) is 0 Å². The molecule has 19 heavy (non-hydrogen) atoms. The quantitative estimate of drug-likeness (QED) is 0.850. The molecule has 6 heteroatoms. The van der Waals surface area contributed by atoms with Crippen LogP contribution in [0.3, 0.4) is 0 Å². The van der Waals surface area contributed by atoms with Gasteiger partial charge in [-0.2, -0.15) is 4.31 Å². The summed E-state index contributed by atoms with van der Waals surface area (Å²) in [5, 5.41) is 0.374. The maximum Gasteiger partial charge on any atom is 0.243 e. The van der Waals surface area contributed by atoms with Gasteiger partial charge < -0.3 is 5.73 Å². The number of benzene rings is 1. The highest BCUT2D eigenvalue weighted by Crippen LogP contribution is 2.28. The average molecular weight is 305 g/mol. The van der Waals surface area contributed by atoms with Crippen LogP contribution < -0.4 is 5.73 Å². The Morgan fingerprint density at radius 1 is 1.37 bits per heavy atom. The lowest BCUT2D eigenvalue weighted by Gasteiger charge is -2.26. The summed E-state index contributed by atoms with van der Waals surface area (Å²) in [6, 6.07) is 2.88. The summed E-state index contributed by atoms with van der Waals surface area (Å²) in [5.41, 5.74) is 6.90. The molecule has 0 fully saturated rings. The Kier molecular flexibility index (Phi) is 5.24. The van der Waals surface area contributed by atoms with Crippen molar-refractivity contribution in [2.45, 2.75) is 45.1 Å². The Bertz CT molecular complexity index is 535. The fraction of sp³-hybridized carbons (Fsp3) is 0.538. The average Bonchev–Trinajstić information content (AvgIpc) is 2.35. The lowest BCUT2D eigenvalue weighted by atomic mass is 10.2. The Balaban J connectivity index is 3.34. The molecule has 0 aliphatic heterocycles. The van der Waals surface area contributed by atoms with Crippen LogP contribution in [0.2, 0.25) is 5.02 Å². The third kappa shape index (κ3) is 3.22. The number of hydrogen-bond acceptors (Lipinski definition) is 3. The van der Waals surface area contributed by atoms with E-state index in [4.69, 9.17) is 17.3 Å². The molecular weight excluding hydrogens is 284 g/mol. The molecule has 108 valence electrons. The molecule has 0 radical (unpaired) electrons. The highest BCUT2D eigenvalue weighted by atomic mass is 35.5. The van der Waals surface area contributed by atoms with Crippen molar-refractivity contribution < 1.29 is 8.42 Å². The molecule has 0 spiro atoms. The molecule has 0 heterocycles. The van der Waals surface area contributed by atoms with Crippen LogP contribution in [0.1, 0.15) is 32.8 Å². The molecule has 1 aromatic rings. The number of halogens is 1. The molecule has 0 bridgehead atoms. The second-order valence-corrected chi connectivity index (χ2v) is 6.88. The highest BCUT2D eigenvalue weighted by molar-refractivity contribution is 7.89. The van der Waals surface area contributed by atoms with Gasteiger partial charge in [-0.3, -0.25) is 0 Å². The minimum absolute atomic E-state index is 0.0590. The van der Waals surface area contributed by atoms with Crippen LogP contribution in [0.5, 0.6) is 0 Å². The monoisotopic (exact) mass is 304 g/mol. The van der Waals surface area contributed by atoms with Crippen molar-refractivity contribution in [3.8, 4) is 0 Å². The number of hydrogen-bond donors (Lipinski definition) is 1. The summed E-state index contributed by atoms with van der Waals surface area (Å²) in [6.45, 7) is 7.85.